The van der Waals surface area contributed by atoms with E-state index in [4.69, 9.17) is 32.7 Å². The molecule has 0 radical (unpaired) electrons. The Bertz CT molecular complexity index is 1120. The van der Waals surface area contributed by atoms with Crippen LogP contribution in [0.2, 0.25) is 10.0 Å². The zero-order chi connectivity index (χ0) is 19.8. The molecule has 3 heterocycles. The lowest BCUT2D eigenvalue weighted by atomic mass is 10.2. The number of rotatable bonds is 5. The molecule has 3 aromatic rings. The molecular formula is C19H16Cl2N2O4S. The van der Waals surface area contributed by atoms with Gasteiger partial charge < -0.3 is 9.47 Å². The summed E-state index contributed by atoms with van der Waals surface area (Å²) in [5.41, 5.74) is 0.529. The number of carbonyl (C=O) groups is 1. The summed E-state index contributed by atoms with van der Waals surface area (Å²) < 4.78 is 12.5. The lowest BCUT2D eigenvalue weighted by Gasteiger charge is -2.10. The molecule has 0 fully saturated rings. The van der Waals surface area contributed by atoms with Gasteiger partial charge in [0.15, 0.2) is 5.75 Å². The third-order valence-electron chi connectivity index (χ3n) is 4.58. The second-order valence-electron chi connectivity index (χ2n) is 6.36. The van der Waals surface area contributed by atoms with Crippen LogP contribution in [0.15, 0.2) is 23.0 Å². The van der Waals surface area contributed by atoms with Gasteiger partial charge in [0.25, 0.3) is 5.56 Å². The van der Waals surface area contributed by atoms with Gasteiger partial charge in [-0.2, -0.15) is 0 Å². The molecule has 1 aliphatic rings. The zero-order valence-electron chi connectivity index (χ0n) is 15.0. The highest BCUT2D eigenvalue weighted by molar-refractivity contribution is 7.20. The Hall–Kier alpha value is -2.09. The van der Waals surface area contributed by atoms with Crippen molar-refractivity contribution < 1.29 is 14.3 Å². The predicted octanol–water partition coefficient (Wildman–Crippen LogP) is 4.26. The van der Waals surface area contributed by atoms with Crippen LogP contribution < -0.4 is 10.3 Å². The van der Waals surface area contributed by atoms with Gasteiger partial charge in [-0.3, -0.25) is 9.36 Å². The van der Waals surface area contributed by atoms with E-state index in [1.54, 1.807) is 29.7 Å². The molecule has 0 spiro atoms. The molecule has 0 amide bonds. The molecule has 4 rings (SSSR count). The first-order chi connectivity index (χ1) is 13.5. The third-order valence-corrected chi connectivity index (χ3v) is 6.34. The molecule has 0 bridgehead atoms. The number of para-hydroxylation sites is 1. The fraction of sp³-hybridized carbons (Fsp3) is 0.316. The molecule has 1 aromatic carbocycles. The van der Waals surface area contributed by atoms with Crippen molar-refractivity contribution in [3.8, 4) is 5.75 Å². The fourth-order valence-corrected chi connectivity index (χ4v) is 4.82. The van der Waals surface area contributed by atoms with Gasteiger partial charge in [-0.15, -0.1) is 11.3 Å². The lowest BCUT2D eigenvalue weighted by Crippen LogP contribution is -2.20. The highest BCUT2D eigenvalue weighted by Gasteiger charge is 2.24. The van der Waals surface area contributed by atoms with E-state index < -0.39 is 5.97 Å². The maximum absolute atomic E-state index is 12.7. The molecular weight excluding hydrogens is 423 g/mol. The van der Waals surface area contributed by atoms with Gasteiger partial charge in [0, 0.05) is 13.0 Å². The van der Waals surface area contributed by atoms with E-state index in [0.29, 0.717) is 43.0 Å². The molecule has 0 atom stereocenters. The van der Waals surface area contributed by atoms with Gasteiger partial charge in [-0.05, 0) is 31.0 Å². The number of halogens is 2. The van der Waals surface area contributed by atoms with Crippen LogP contribution in [0.1, 0.15) is 27.5 Å². The first kappa shape index (κ1) is 19.2. The number of aryl methyl sites for hydroxylation is 2. The van der Waals surface area contributed by atoms with Crippen molar-refractivity contribution in [2.75, 3.05) is 13.2 Å². The normalized spacial score (nSPS) is 13.0. The molecule has 0 saturated heterocycles. The SMILES string of the molecule is Cc1c(C(=O)OCCOc2c(Cl)cccc2Cl)sc2nc3n(c(=O)c12)CCC3. The van der Waals surface area contributed by atoms with Crippen LogP contribution >= 0.6 is 34.5 Å². The molecule has 0 saturated carbocycles. The van der Waals surface area contributed by atoms with Gasteiger partial charge in [-0.1, -0.05) is 29.3 Å². The van der Waals surface area contributed by atoms with Crippen LogP contribution in [0.3, 0.4) is 0 Å². The number of ether oxygens (including phenoxy) is 2. The first-order valence-corrected chi connectivity index (χ1v) is 10.3. The topological polar surface area (TPSA) is 70.4 Å². The number of nitrogens with zero attached hydrogens (tertiary/aromatic N) is 2. The summed E-state index contributed by atoms with van der Waals surface area (Å²) in [5, 5.41) is 1.28. The van der Waals surface area contributed by atoms with Crippen LogP contribution in [0.25, 0.3) is 10.2 Å². The van der Waals surface area contributed by atoms with E-state index >= 15 is 0 Å². The average Bonchev–Trinajstić information content (AvgIpc) is 3.26. The summed E-state index contributed by atoms with van der Waals surface area (Å²) in [6, 6.07) is 5.05. The van der Waals surface area contributed by atoms with Crippen LogP contribution in [-0.2, 0) is 17.7 Å². The van der Waals surface area contributed by atoms with Gasteiger partial charge in [0.1, 0.15) is 28.7 Å². The number of carbonyl (C=O) groups excluding carboxylic acids is 1. The Labute approximate surface area is 174 Å². The smallest absolute Gasteiger partial charge is 0.348 e. The van der Waals surface area contributed by atoms with Gasteiger partial charge in [-0.25, -0.2) is 9.78 Å². The highest BCUT2D eigenvalue weighted by Crippen LogP contribution is 2.32. The largest absolute Gasteiger partial charge is 0.487 e. The van der Waals surface area contributed by atoms with Gasteiger partial charge in [0.2, 0.25) is 0 Å². The molecule has 28 heavy (non-hydrogen) atoms. The van der Waals surface area contributed by atoms with Crippen molar-refractivity contribution in [2.24, 2.45) is 0 Å². The number of fused-ring (bicyclic) bond motifs is 2. The summed E-state index contributed by atoms with van der Waals surface area (Å²) >= 11 is 13.3. The third kappa shape index (κ3) is 3.38. The average molecular weight is 439 g/mol. The first-order valence-electron chi connectivity index (χ1n) is 8.74. The predicted molar refractivity (Wildman–Crippen MR) is 109 cm³/mol. The molecule has 1 aliphatic heterocycles. The quantitative estimate of drug-likeness (QED) is 0.439. The molecule has 0 unspecified atom stereocenters. The van der Waals surface area contributed by atoms with Gasteiger partial charge in [0.05, 0.1) is 15.4 Å². The highest BCUT2D eigenvalue weighted by atomic mass is 35.5. The minimum absolute atomic E-state index is 0.0248. The Kier molecular flexibility index (Phi) is 5.31. The number of hydrogen-bond donors (Lipinski definition) is 0. The number of benzene rings is 1. The van der Waals surface area contributed by atoms with E-state index in [0.717, 1.165) is 18.7 Å². The molecule has 9 heteroatoms. The summed E-state index contributed by atoms with van der Waals surface area (Å²) in [6.07, 6.45) is 1.70. The van der Waals surface area contributed by atoms with Crippen LogP contribution in [-0.4, -0.2) is 28.7 Å². The summed E-state index contributed by atoms with van der Waals surface area (Å²) in [6.45, 7) is 2.56. The van der Waals surface area contributed by atoms with E-state index in [9.17, 15) is 9.59 Å². The Balaban J connectivity index is 1.47. The number of aromatic nitrogens is 2. The summed E-state index contributed by atoms with van der Waals surface area (Å²) in [4.78, 5) is 30.7. The van der Waals surface area contributed by atoms with E-state index in [-0.39, 0.29) is 18.8 Å². The van der Waals surface area contributed by atoms with Crippen molar-refractivity contribution in [3.05, 3.63) is 54.9 Å². The molecule has 6 nitrogen and oxygen atoms in total. The zero-order valence-corrected chi connectivity index (χ0v) is 17.3. The van der Waals surface area contributed by atoms with Crippen molar-refractivity contribution in [1.29, 1.82) is 0 Å². The second kappa shape index (κ2) is 7.73. The van der Waals surface area contributed by atoms with Crippen molar-refractivity contribution in [3.63, 3.8) is 0 Å². The number of hydrogen-bond acceptors (Lipinski definition) is 6. The fourth-order valence-electron chi connectivity index (χ4n) is 3.23. The maximum atomic E-state index is 12.7. The van der Waals surface area contributed by atoms with Crippen molar-refractivity contribution in [1.82, 2.24) is 9.55 Å². The minimum Gasteiger partial charge on any atom is -0.487 e. The molecule has 146 valence electrons. The monoisotopic (exact) mass is 438 g/mol. The standard InChI is InChI=1S/C19H16Cl2N2O4S/c1-10-14-17(22-13-6-3-7-23(13)18(14)24)28-16(10)19(25)27-9-8-26-15-11(20)4-2-5-12(15)21/h2,4-5H,3,6-9H2,1H3. The van der Waals surface area contributed by atoms with Crippen LogP contribution in [0.4, 0.5) is 0 Å². The lowest BCUT2D eigenvalue weighted by molar-refractivity contribution is 0.0455. The van der Waals surface area contributed by atoms with E-state index in [1.807, 2.05) is 0 Å². The molecule has 0 aliphatic carbocycles. The Morgan fingerprint density at radius 1 is 1.29 bits per heavy atom. The Morgan fingerprint density at radius 3 is 2.79 bits per heavy atom. The van der Waals surface area contributed by atoms with Crippen LogP contribution in [0.5, 0.6) is 5.75 Å². The van der Waals surface area contributed by atoms with Crippen molar-refractivity contribution in [2.45, 2.75) is 26.3 Å². The van der Waals surface area contributed by atoms with Crippen molar-refractivity contribution >= 4 is 50.7 Å². The molecule has 2 aromatic heterocycles. The number of thiophene rings is 1. The maximum Gasteiger partial charge on any atom is 0.348 e. The Morgan fingerprint density at radius 2 is 2.04 bits per heavy atom. The minimum atomic E-state index is -0.501. The summed E-state index contributed by atoms with van der Waals surface area (Å²) in [5.74, 6) is 0.634. The summed E-state index contributed by atoms with van der Waals surface area (Å²) in [7, 11) is 0. The second-order valence-corrected chi connectivity index (χ2v) is 8.17. The number of esters is 1. The van der Waals surface area contributed by atoms with E-state index in [1.165, 1.54) is 11.3 Å². The molecule has 0 N–H and O–H groups in total. The van der Waals surface area contributed by atoms with Crippen LogP contribution in [0, 0.1) is 6.92 Å². The van der Waals surface area contributed by atoms with Gasteiger partial charge >= 0.3 is 5.97 Å². The van der Waals surface area contributed by atoms with E-state index in [2.05, 4.69) is 4.98 Å².